The zero-order valence-corrected chi connectivity index (χ0v) is 14.1. The molecule has 6 heteroatoms. The van der Waals surface area contributed by atoms with Crippen molar-refractivity contribution in [3.63, 3.8) is 0 Å². The van der Waals surface area contributed by atoms with Crippen LogP contribution in [0.25, 0.3) is 0 Å². The number of Topliss-reactive ketones (excluding diaryl/α,β-unsaturated/α-hetero) is 2. The molecule has 0 atom stereocenters. The Morgan fingerprint density at radius 1 is 0.913 bits per heavy atom. The van der Waals surface area contributed by atoms with E-state index in [4.69, 9.17) is 32.7 Å². The van der Waals surface area contributed by atoms with Gasteiger partial charge in [0.25, 0.3) is 0 Å². The van der Waals surface area contributed by atoms with E-state index in [1.807, 2.05) is 0 Å². The Hall–Kier alpha value is -2.04. The Morgan fingerprint density at radius 3 is 1.91 bits per heavy atom. The maximum Gasteiger partial charge on any atom is 0.173 e. The van der Waals surface area contributed by atoms with E-state index in [1.165, 1.54) is 20.3 Å². The molecule has 23 heavy (non-hydrogen) atoms. The summed E-state index contributed by atoms with van der Waals surface area (Å²) in [6, 6.07) is 10.0. The smallest absolute Gasteiger partial charge is 0.173 e. The lowest BCUT2D eigenvalue weighted by Gasteiger charge is -2.13. The van der Waals surface area contributed by atoms with E-state index in [1.54, 1.807) is 30.3 Å². The number of methoxy groups -OCH3 is 2. The van der Waals surface area contributed by atoms with Crippen molar-refractivity contribution in [1.82, 2.24) is 0 Å². The van der Waals surface area contributed by atoms with E-state index < -0.39 is 5.78 Å². The molecule has 0 saturated heterocycles. The van der Waals surface area contributed by atoms with Crippen LogP contribution in [0.5, 0.6) is 11.5 Å². The van der Waals surface area contributed by atoms with Crippen LogP contribution in [0, 0.1) is 0 Å². The molecule has 0 aliphatic heterocycles. The number of hydrogen-bond donors (Lipinski definition) is 0. The summed E-state index contributed by atoms with van der Waals surface area (Å²) in [5.41, 5.74) is 0.469. The highest BCUT2D eigenvalue weighted by Crippen LogP contribution is 2.40. The number of carbonyl (C=O) groups excluding carboxylic acids is 2. The summed E-state index contributed by atoms with van der Waals surface area (Å²) < 4.78 is 10.2. The second-order valence-corrected chi connectivity index (χ2v) is 5.43. The van der Waals surface area contributed by atoms with Crippen molar-refractivity contribution in [2.24, 2.45) is 0 Å². The Morgan fingerprint density at radius 2 is 1.43 bits per heavy atom. The molecule has 120 valence electrons. The van der Waals surface area contributed by atoms with E-state index in [9.17, 15) is 9.59 Å². The zero-order chi connectivity index (χ0) is 17.0. The average Bonchev–Trinajstić information content (AvgIpc) is 2.56. The van der Waals surface area contributed by atoms with Crippen molar-refractivity contribution < 1.29 is 19.1 Å². The summed E-state index contributed by atoms with van der Waals surface area (Å²) in [5, 5.41) is 0.119. The first-order valence-electron chi connectivity index (χ1n) is 6.71. The monoisotopic (exact) mass is 352 g/mol. The minimum Gasteiger partial charge on any atom is -0.495 e. The molecule has 2 rings (SSSR count). The maximum absolute atomic E-state index is 12.5. The number of rotatable bonds is 6. The van der Waals surface area contributed by atoms with Gasteiger partial charge in [0.1, 0.15) is 11.5 Å². The fraction of sp³-hybridized carbons (Fsp3) is 0.176. The second kappa shape index (κ2) is 7.49. The van der Waals surface area contributed by atoms with Crippen LogP contribution in [0.15, 0.2) is 36.4 Å². The van der Waals surface area contributed by atoms with Crippen molar-refractivity contribution in [1.29, 1.82) is 0 Å². The summed E-state index contributed by atoms with van der Waals surface area (Å²) in [6.45, 7) is 0. The molecule has 2 aromatic rings. The van der Waals surface area contributed by atoms with Gasteiger partial charge in [-0.05, 0) is 0 Å². The normalized spacial score (nSPS) is 10.3. The fourth-order valence-electron chi connectivity index (χ4n) is 2.09. The summed E-state index contributed by atoms with van der Waals surface area (Å²) >= 11 is 12.3. The first kappa shape index (κ1) is 17.3. The topological polar surface area (TPSA) is 52.6 Å². The Balaban J connectivity index is 2.37. The van der Waals surface area contributed by atoms with Crippen LogP contribution in [0.2, 0.25) is 10.0 Å². The highest BCUT2D eigenvalue weighted by atomic mass is 35.5. The quantitative estimate of drug-likeness (QED) is 0.568. The molecule has 0 spiro atoms. The lowest BCUT2D eigenvalue weighted by atomic mass is 10.0. The third kappa shape index (κ3) is 3.66. The lowest BCUT2D eigenvalue weighted by Crippen LogP contribution is -2.10. The highest BCUT2D eigenvalue weighted by Gasteiger charge is 2.24. The Labute approximate surface area is 143 Å². The minimum atomic E-state index is -0.494. The SMILES string of the molecule is COc1cc(OC)c(Cl)c(C(=O)CC(=O)c2ccccc2)c1Cl. The molecule has 0 unspecified atom stereocenters. The van der Waals surface area contributed by atoms with Crippen LogP contribution in [0.1, 0.15) is 27.1 Å². The molecular formula is C17H14Cl2O4. The molecule has 0 radical (unpaired) electrons. The Kier molecular flexibility index (Phi) is 5.64. The van der Waals surface area contributed by atoms with Crippen molar-refractivity contribution >= 4 is 34.8 Å². The van der Waals surface area contributed by atoms with Gasteiger partial charge in [0.2, 0.25) is 0 Å². The van der Waals surface area contributed by atoms with Gasteiger partial charge in [-0.15, -0.1) is 0 Å². The molecule has 2 aromatic carbocycles. The Bertz CT molecular complexity index is 714. The summed E-state index contributed by atoms with van der Waals surface area (Å²) in [7, 11) is 2.83. The van der Waals surface area contributed by atoms with Crippen LogP contribution >= 0.6 is 23.2 Å². The molecular weight excluding hydrogens is 339 g/mol. The van der Waals surface area contributed by atoms with E-state index in [-0.39, 0.29) is 39.3 Å². The predicted molar refractivity (Wildman–Crippen MR) is 89.3 cm³/mol. The molecule has 0 aliphatic carbocycles. The first-order chi connectivity index (χ1) is 11.0. The summed E-state index contributed by atoms with van der Waals surface area (Å²) in [4.78, 5) is 24.7. The highest BCUT2D eigenvalue weighted by molar-refractivity contribution is 6.42. The number of ether oxygens (including phenoxy) is 2. The van der Waals surface area contributed by atoms with Crippen LogP contribution in [-0.2, 0) is 0 Å². The van der Waals surface area contributed by atoms with Gasteiger partial charge in [0.05, 0.1) is 36.2 Å². The summed E-state index contributed by atoms with van der Waals surface area (Å²) in [5.74, 6) is -0.303. The van der Waals surface area contributed by atoms with Gasteiger partial charge in [0.15, 0.2) is 11.6 Å². The molecule has 0 heterocycles. The average molecular weight is 353 g/mol. The van der Waals surface area contributed by atoms with Crippen LogP contribution < -0.4 is 9.47 Å². The number of ketones is 2. The van der Waals surface area contributed by atoms with Crippen molar-refractivity contribution in [2.75, 3.05) is 14.2 Å². The zero-order valence-electron chi connectivity index (χ0n) is 12.6. The molecule has 0 saturated carbocycles. The molecule has 0 aromatic heterocycles. The maximum atomic E-state index is 12.5. The van der Waals surface area contributed by atoms with Crippen LogP contribution in [0.4, 0.5) is 0 Å². The third-order valence-electron chi connectivity index (χ3n) is 3.27. The second-order valence-electron chi connectivity index (χ2n) is 4.67. The first-order valence-corrected chi connectivity index (χ1v) is 7.46. The molecule has 0 aliphatic rings. The van der Waals surface area contributed by atoms with Crippen molar-refractivity contribution in [3.8, 4) is 11.5 Å². The van der Waals surface area contributed by atoms with Gasteiger partial charge in [-0.25, -0.2) is 0 Å². The van der Waals surface area contributed by atoms with Crippen LogP contribution in [-0.4, -0.2) is 25.8 Å². The van der Waals surface area contributed by atoms with E-state index in [0.717, 1.165) is 0 Å². The number of carbonyl (C=O) groups is 2. The summed E-state index contributed by atoms with van der Waals surface area (Å²) in [6.07, 6.45) is -0.347. The molecule has 4 nitrogen and oxygen atoms in total. The minimum absolute atomic E-state index is 0.0221. The number of hydrogen-bond acceptors (Lipinski definition) is 4. The van der Waals surface area contributed by atoms with Gasteiger partial charge in [0, 0.05) is 11.6 Å². The van der Waals surface area contributed by atoms with Crippen molar-refractivity contribution in [3.05, 3.63) is 57.6 Å². The van der Waals surface area contributed by atoms with E-state index >= 15 is 0 Å². The molecule has 0 amide bonds. The number of benzene rings is 2. The van der Waals surface area contributed by atoms with Gasteiger partial charge in [-0.2, -0.15) is 0 Å². The lowest BCUT2D eigenvalue weighted by molar-refractivity contribution is 0.0894. The molecule has 0 N–H and O–H groups in total. The van der Waals surface area contributed by atoms with Crippen molar-refractivity contribution in [2.45, 2.75) is 6.42 Å². The van der Waals surface area contributed by atoms with Gasteiger partial charge in [-0.1, -0.05) is 53.5 Å². The van der Waals surface area contributed by atoms with Crippen LogP contribution in [0.3, 0.4) is 0 Å². The van der Waals surface area contributed by atoms with E-state index in [2.05, 4.69) is 0 Å². The molecule has 0 bridgehead atoms. The standard InChI is InChI=1S/C17H14Cl2O4/c1-22-13-9-14(23-2)17(19)15(16(13)18)12(21)8-11(20)10-6-4-3-5-7-10/h3-7,9H,8H2,1-2H3. The fourth-order valence-corrected chi connectivity index (χ4v) is 2.80. The van der Waals surface area contributed by atoms with Gasteiger partial charge >= 0.3 is 0 Å². The van der Waals surface area contributed by atoms with Gasteiger partial charge in [-0.3, -0.25) is 9.59 Å². The van der Waals surface area contributed by atoms with Gasteiger partial charge < -0.3 is 9.47 Å². The number of halogens is 2. The predicted octanol–water partition coefficient (Wildman–Crippen LogP) is 4.47. The third-order valence-corrected chi connectivity index (χ3v) is 4.02. The molecule has 0 fully saturated rings. The largest absolute Gasteiger partial charge is 0.495 e. The van der Waals surface area contributed by atoms with E-state index in [0.29, 0.717) is 5.56 Å².